The molecule has 1 atom stereocenters. The van der Waals surface area contributed by atoms with E-state index < -0.39 is 5.25 Å². The van der Waals surface area contributed by atoms with Gasteiger partial charge in [0.1, 0.15) is 5.82 Å². The molecule has 4 aromatic rings. The van der Waals surface area contributed by atoms with Crippen LogP contribution in [0.4, 0.5) is 4.39 Å². The van der Waals surface area contributed by atoms with E-state index in [0.717, 1.165) is 5.69 Å². The van der Waals surface area contributed by atoms with Crippen LogP contribution in [0.25, 0.3) is 17.1 Å². The van der Waals surface area contributed by atoms with Gasteiger partial charge in [0.05, 0.1) is 10.8 Å². The third-order valence-corrected chi connectivity index (χ3v) is 5.80. The Bertz CT molecular complexity index is 1200. The summed E-state index contributed by atoms with van der Waals surface area (Å²) in [4.78, 5) is 12.9. The normalized spacial score (nSPS) is 12.0. The Labute approximate surface area is 182 Å². The van der Waals surface area contributed by atoms with E-state index in [-0.39, 0.29) is 11.6 Å². The zero-order valence-corrected chi connectivity index (χ0v) is 17.6. The largest absolute Gasteiger partial charge is 0.293 e. The number of hydrogen-bond acceptors (Lipinski definition) is 4. The molecule has 0 saturated carbocycles. The van der Waals surface area contributed by atoms with Crippen LogP contribution in [-0.2, 0) is 0 Å². The summed E-state index contributed by atoms with van der Waals surface area (Å²) < 4.78 is 16.2. The van der Waals surface area contributed by atoms with Gasteiger partial charge >= 0.3 is 0 Å². The highest BCUT2D eigenvalue weighted by Crippen LogP contribution is 2.32. The van der Waals surface area contributed by atoms with E-state index >= 15 is 0 Å². The Morgan fingerprint density at radius 1 is 1.00 bits per heavy atom. The van der Waals surface area contributed by atoms with E-state index in [1.807, 2.05) is 30.3 Å². The average molecular weight is 438 g/mol. The lowest BCUT2D eigenvalue weighted by molar-refractivity contribution is 0.0994. The van der Waals surface area contributed by atoms with Crippen molar-refractivity contribution in [2.45, 2.75) is 17.3 Å². The molecule has 4 rings (SSSR count). The number of hydrogen-bond donors (Lipinski definition) is 0. The van der Waals surface area contributed by atoms with Gasteiger partial charge in [-0.05, 0) is 43.3 Å². The van der Waals surface area contributed by atoms with Crippen LogP contribution >= 0.6 is 23.4 Å². The molecule has 4 nitrogen and oxygen atoms in total. The Morgan fingerprint density at radius 3 is 2.47 bits per heavy atom. The molecule has 1 heterocycles. The van der Waals surface area contributed by atoms with Crippen molar-refractivity contribution in [3.8, 4) is 17.1 Å². The minimum atomic E-state index is -0.441. The molecule has 0 aliphatic rings. The zero-order chi connectivity index (χ0) is 21.1. The summed E-state index contributed by atoms with van der Waals surface area (Å²) in [5, 5.41) is 9.09. The highest BCUT2D eigenvalue weighted by atomic mass is 35.5. The predicted molar refractivity (Wildman–Crippen MR) is 118 cm³/mol. The van der Waals surface area contributed by atoms with E-state index in [9.17, 15) is 9.18 Å². The first-order chi connectivity index (χ1) is 14.5. The maximum Gasteiger partial charge on any atom is 0.196 e. The first-order valence-corrected chi connectivity index (χ1v) is 10.5. The average Bonchev–Trinajstić information content (AvgIpc) is 3.17. The van der Waals surface area contributed by atoms with Crippen LogP contribution in [0, 0.1) is 5.82 Å². The van der Waals surface area contributed by atoms with Crippen molar-refractivity contribution in [3.63, 3.8) is 0 Å². The summed E-state index contributed by atoms with van der Waals surface area (Å²) in [6.45, 7) is 1.81. The van der Waals surface area contributed by atoms with E-state index in [0.29, 0.717) is 27.1 Å². The van der Waals surface area contributed by atoms with Gasteiger partial charge in [-0.3, -0.25) is 9.36 Å². The molecule has 1 aromatic heterocycles. The highest BCUT2D eigenvalue weighted by molar-refractivity contribution is 8.00. The van der Waals surface area contributed by atoms with E-state index in [1.165, 1.54) is 17.8 Å². The summed E-state index contributed by atoms with van der Waals surface area (Å²) in [6, 6.07) is 22.7. The van der Waals surface area contributed by atoms with Gasteiger partial charge in [0, 0.05) is 16.3 Å². The molecular weight excluding hydrogens is 421 g/mol. The number of aromatic nitrogens is 3. The fourth-order valence-electron chi connectivity index (χ4n) is 3.06. The van der Waals surface area contributed by atoms with Gasteiger partial charge in [-0.2, -0.15) is 0 Å². The van der Waals surface area contributed by atoms with Crippen LogP contribution in [0.2, 0.25) is 5.02 Å². The van der Waals surface area contributed by atoms with Crippen molar-refractivity contribution in [2.75, 3.05) is 0 Å². The molecule has 0 N–H and O–H groups in total. The molecule has 0 spiro atoms. The van der Waals surface area contributed by atoms with E-state index in [2.05, 4.69) is 10.2 Å². The molecule has 150 valence electrons. The molecule has 0 aliphatic heterocycles. The Balaban J connectivity index is 1.73. The van der Waals surface area contributed by atoms with E-state index in [1.54, 1.807) is 54.0 Å². The molecule has 3 aromatic carbocycles. The molecule has 0 saturated heterocycles. The number of rotatable bonds is 6. The predicted octanol–water partition coefficient (Wildman–Crippen LogP) is 6.09. The maximum absolute atomic E-state index is 14.5. The van der Waals surface area contributed by atoms with Gasteiger partial charge in [0.15, 0.2) is 16.8 Å². The lowest BCUT2D eigenvalue weighted by atomic mass is 10.1. The van der Waals surface area contributed by atoms with Crippen LogP contribution in [0.5, 0.6) is 0 Å². The molecule has 30 heavy (non-hydrogen) atoms. The van der Waals surface area contributed by atoms with Crippen molar-refractivity contribution in [3.05, 3.63) is 95.3 Å². The zero-order valence-electron chi connectivity index (χ0n) is 16.0. The SMILES string of the molecule is C[C@H](Sc1nnc(-c2ccccc2F)n1-c1ccccc1)C(=O)c1cccc(Cl)c1. The molecule has 0 unspecified atom stereocenters. The number of thioether (sulfide) groups is 1. The third kappa shape index (κ3) is 4.15. The number of carbonyl (C=O) groups is 1. The van der Waals surface area contributed by atoms with Crippen molar-refractivity contribution in [2.24, 2.45) is 0 Å². The quantitative estimate of drug-likeness (QED) is 0.270. The summed E-state index contributed by atoms with van der Waals surface area (Å²) in [7, 11) is 0. The van der Waals surface area contributed by atoms with Crippen molar-refractivity contribution < 1.29 is 9.18 Å². The first-order valence-electron chi connectivity index (χ1n) is 9.27. The molecule has 0 fully saturated rings. The molecule has 0 amide bonds. The number of para-hydroxylation sites is 1. The molecular formula is C23H17ClFN3OS. The highest BCUT2D eigenvalue weighted by Gasteiger charge is 2.23. The fourth-order valence-corrected chi connectivity index (χ4v) is 4.20. The van der Waals surface area contributed by atoms with Gasteiger partial charge in [-0.15, -0.1) is 10.2 Å². The monoisotopic (exact) mass is 437 g/mol. The van der Waals surface area contributed by atoms with Gasteiger partial charge < -0.3 is 0 Å². The Hall–Kier alpha value is -2.96. The molecule has 0 bridgehead atoms. The standard InChI is InChI=1S/C23H17ClFN3OS/c1-15(21(29)16-8-7-9-17(24)14-16)30-23-27-26-22(19-12-5-6-13-20(19)25)28(23)18-10-3-2-4-11-18/h2-15H,1H3/t15-/m0/s1. The van der Waals surface area contributed by atoms with Crippen molar-refractivity contribution in [1.29, 1.82) is 0 Å². The minimum absolute atomic E-state index is 0.0717. The van der Waals surface area contributed by atoms with Gasteiger partial charge in [-0.1, -0.05) is 65.8 Å². The van der Waals surface area contributed by atoms with Gasteiger partial charge in [0.2, 0.25) is 0 Å². The van der Waals surface area contributed by atoms with E-state index in [4.69, 9.17) is 11.6 Å². The van der Waals surface area contributed by atoms with Crippen LogP contribution in [0.3, 0.4) is 0 Å². The van der Waals surface area contributed by atoms with Gasteiger partial charge in [-0.25, -0.2) is 4.39 Å². The van der Waals surface area contributed by atoms with Gasteiger partial charge in [0.25, 0.3) is 0 Å². The molecule has 0 radical (unpaired) electrons. The summed E-state index contributed by atoms with van der Waals surface area (Å²) in [5.41, 5.74) is 1.66. The molecule has 0 aliphatic carbocycles. The second-order valence-corrected chi connectivity index (χ2v) is 8.34. The fraction of sp³-hybridized carbons (Fsp3) is 0.0870. The second-order valence-electron chi connectivity index (χ2n) is 6.59. The lowest BCUT2D eigenvalue weighted by Gasteiger charge is -2.13. The van der Waals surface area contributed by atoms with Crippen LogP contribution in [0.1, 0.15) is 17.3 Å². The number of nitrogens with zero attached hydrogens (tertiary/aromatic N) is 3. The van der Waals surface area contributed by atoms with Crippen molar-refractivity contribution in [1.82, 2.24) is 14.8 Å². The summed E-state index contributed by atoms with van der Waals surface area (Å²) in [6.07, 6.45) is 0. The molecule has 7 heteroatoms. The lowest BCUT2D eigenvalue weighted by Crippen LogP contribution is -2.14. The minimum Gasteiger partial charge on any atom is -0.293 e. The summed E-state index contributed by atoms with van der Waals surface area (Å²) >= 11 is 7.29. The van der Waals surface area contributed by atoms with Crippen LogP contribution < -0.4 is 0 Å². The topological polar surface area (TPSA) is 47.8 Å². The van der Waals surface area contributed by atoms with Crippen LogP contribution in [-0.4, -0.2) is 25.8 Å². The number of halogens is 2. The number of benzene rings is 3. The maximum atomic E-state index is 14.5. The second kappa shape index (κ2) is 8.81. The Kier molecular flexibility index (Phi) is 5.97. The number of carbonyl (C=O) groups excluding carboxylic acids is 1. The van der Waals surface area contributed by atoms with Crippen LogP contribution in [0.15, 0.2) is 84.0 Å². The Morgan fingerprint density at radius 2 is 1.73 bits per heavy atom. The van der Waals surface area contributed by atoms with Crippen molar-refractivity contribution >= 4 is 29.1 Å². The first kappa shape index (κ1) is 20.3. The third-order valence-electron chi connectivity index (χ3n) is 4.52. The summed E-state index contributed by atoms with van der Waals surface area (Å²) in [5.74, 6) is -0.0801. The number of Topliss-reactive ketones (excluding diaryl/α,β-unsaturated/α-hetero) is 1. The smallest absolute Gasteiger partial charge is 0.196 e. The number of ketones is 1.